The summed E-state index contributed by atoms with van der Waals surface area (Å²) in [5, 5.41) is 27.2. The Balaban J connectivity index is 2.37. The smallest absolute Gasteiger partial charge is 0.134 e. The molecule has 0 aliphatic rings. The number of rotatable bonds is 4. The summed E-state index contributed by atoms with van der Waals surface area (Å²) in [5.74, 6) is -1.71. The summed E-state index contributed by atoms with van der Waals surface area (Å²) in [4.78, 5) is 0. The largest absolute Gasteiger partial charge is 0.392 e. The monoisotopic (exact) mass is 376 g/mol. The quantitative estimate of drug-likeness (QED) is 0.721. The van der Waals surface area contributed by atoms with Crippen molar-refractivity contribution < 1.29 is 19.0 Å². The topological polar surface area (TPSA) is 66.2 Å². The van der Waals surface area contributed by atoms with E-state index in [-0.39, 0.29) is 22.4 Å². The summed E-state index contributed by atoms with van der Waals surface area (Å²) in [6, 6.07) is 8.83. The number of nitrogens with zero attached hydrogens (tertiary/aromatic N) is 2. The third-order valence-corrected chi connectivity index (χ3v) is 4.29. The zero-order chi connectivity index (χ0) is 18.8. The minimum Gasteiger partial charge on any atom is -0.392 e. The molecular weight excluding hydrogens is 362 g/mol. The number of benzene rings is 2. The standard InChI is InChI=1S/C19H15ClF2N2O2/c1-10-17(12-2-4-13(20)5-3-12)19(16(9-26)24-23-10)18-14(21)6-11(8-25)7-15(18)22/h2-7,25-26H,8-9H2,1H3. The van der Waals surface area contributed by atoms with E-state index in [0.717, 1.165) is 12.1 Å². The predicted octanol–water partition coefficient (Wildman–Crippen LogP) is 4.04. The van der Waals surface area contributed by atoms with Crippen molar-refractivity contribution in [3.8, 4) is 22.3 Å². The Morgan fingerprint density at radius 3 is 2.04 bits per heavy atom. The molecular formula is C19H15ClF2N2O2. The Labute approximate surface area is 153 Å². The van der Waals surface area contributed by atoms with E-state index in [1.54, 1.807) is 31.2 Å². The molecule has 0 bridgehead atoms. The molecule has 0 fully saturated rings. The SMILES string of the molecule is Cc1nnc(CO)c(-c2c(F)cc(CO)cc2F)c1-c1ccc(Cl)cc1. The molecule has 0 atom stereocenters. The molecule has 0 amide bonds. The molecule has 3 rings (SSSR count). The first-order valence-electron chi connectivity index (χ1n) is 7.78. The van der Waals surface area contributed by atoms with E-state index >= 15 is 0 Å². The Bertz CT molecular complexity index is 939. The fourth-order valence-electron chi connectivity index (χ4n) is 2.87. The third kappa shape index (κ3) is 3.31. The van der Waals surface area contributed by atoms with Gasteiger partial charge in [-0.15, -0.1) is 0 Å². The van der Waals surface area contributed by atoms with Crippen molar-refractivity contribution in [3.63, 3.8) is 0 Å². The lowest BCUT2D eigenvalue weighted by atomic mass is 9.91. The Morgan fingerprint density at radius 1 is 0.885 bits per heavy atom. The van der Waals surface area contributed by atoms with Gasteiger partial charge in [-0.25, -0.2) is 8.78 Å². The summed E-state index contributed by atoms with van der Waals surface area (Å²) >= 11 is 5.93. The molecule has 26 heavy (non-hydrogen) atoms. The van der Waals surface area contributed by atoms with E-state index in [4.69, 9.17) is 16.7 Å². The van der Waals surface area contributed by atoms with Gasteiger partial charge in [-0.3, -0.25) is 0 Å². The molecule has 7 heteroatoms. The van der Waals surface area contributed by atoms with Crippen LogP contribution in [0.15, 0.2) is 36.4 Å². The fraction of sp³-hybridized carbons (Fsp3) is 0.158. The number of aromatic nitrogens is 2. The average Bonchev–Trinajstić information content (AvgIpc) is 2.62. The minimum atomic E-state index is -0.855. The highest BCUT2D eigenvalue weighted by Crippen LogP contribution is 2.39. The van der Waals surface area contributed by atoms with Crippen molar-refractivity contribution in [2.45, 2.75) is 20.1 Å². The lowest BCUT2D eigenvalue weighted by molar-refractivity contribution is 0.275. The van der Waals surface area contributed by atoms with Gasteiger partial charge in [0.2, 0.25) is 0 Å². The summed E-state index contributed by atoms with van der Waals surface area (Å²) in [7, 11) is 0. The van der Waals surface area contributed by atoms with E-state index in [2.05, 4.69) is 10.2 Å². The molecule has 0 unspecified atom stereocenters. The van der Waals surface area contributed by atoms with Crippen LogP contribution in [0.5, 0.6) is 0 Å². The Kier molecular flexibility index (Phi) is 5.27. The number of halogens is 3. The molecule has 0 aliphatic heterocycles. The van der Waals surface area contributed by atoms with E-state index in [9.17, 15) is 13.9 Å². The molecule has 0 radical (unpaired) electrons. The molecule has 0 saturated carbocycles. The summed E-state index contributed by atoms with van der Waals surface area (Å²) in [6.07, 6.45) is 0. The first-order valence-corrected chi connectivity index (χ1v) is 8.16. The van der Waals surface area contributed by atoms with Gasteiger partial charge in [0, 0.05) is 16.1 Å². The maximum atomic E-state index is 14.7. The second kappa shape index (κ2) is 7.45. The summed E-state index contributed by atoms with van der Waals surface area (Å²) in [6.45, 7) is 0.641. The number of aliphatic hydroxyl groups is 2. The van der Waals surface area contributed by atoms with Crippen LogP contribution in [0.3, 0.4) is 0 Å². The lowest BCUT2D eigenvalue weighted by Crippen LogP contribution is -2.06. The maximum Gasteiger partial charge on any atom is 0.134 e. The van der Waals surface area contributed by atoms with Crippen molar-refractivity contribution in [3.05, 3.63) is 70.0 Å². The van der Waals surface area contributed by atoms with Gasteiger partial charge < -0.3 is 10.2 Å². The highest BCUT2D eigenvalue weighted by atomic mass is 35.5. The lowest BCUT2D eigenvalue weighted by Gasteiger charge is -2.17. The Hall–Kier alpha value is -2.41. The van der Waals surface area contributed by atoms with E-state index in [0.29, 0.717) is 21.8 Å². The van der Waals surface area contributed by atoms with E-state index < -0.39 is 24.8 Å². The summed E-state index contributed by atoms with van der Waals surface area (Å²) in [5.41, 5.74) is 1.50. The highest BCUT2D eigenvalue weighted by Gasteiger charge is 2.23. The number of aryl methyl sites for hydroxylation is 1. The van der Waals surface area contributed by atoms with Gasteiger partial charge in [0.05, 0.1) is 30.2 Å². The molecule has 0 saturated heterocycles. The second-order valence-electron chi connectivity index (χ2n) is 5.74. The first-order chi connectivity index (χ1) is 12.5. The highest BCUT2D eigenvalue weighted by molar-refractivity contribution is 6.30. The Morgan fingerprint density at radius 2 is 1.50 bits per heavy atom. The van der Waals surface area contributed by atoms with Gasteiger partial charge in [-0.1, -0.05) is 23.7 Å². The van der Waals surface area contributed by atoms with Gasteiger partial charge in [0.15, 0.2) is 0 Å². The molecule has 0 aliphatic carbocycles. The first kappa shape index (κ1) is 18.4. The fourth-order valence-corrected chi connectivity index (χ4v) is 2.99. The van der Waals surface area contributed by atoms with Crippen molar-refractivity contribution in [1.29, 1.82) is 0 Å². The van der Waals surface area contributed by atoms with E-state index in [1.165, 1.54) is 0 Å². The van der Waals surface area contributed by atoms with Crippen LogP contribution in [0.4, 0.5) is 8.78 Å². The number of hydrogen-bond donors (Lipinski definition) is 2. The zero-order valence-corrected chi connectivity index (χ0v) is 14.6. The predicted molar refractivity (Wildman–Crippen MR) is 94.4 cm³/mol. The number of aliphatic hydroxyl groups excluding tert-OH is 2. The molecule has 1 heterocycles. The van der Waals surface area contributed by atoms with Crippen LogP contribution in [-0.2, 0) is 13.2 Å². The van der Waals surface area contributed by atoms with Gasteiger partial charge >= 0.3 is 0 Å². The molecule has 4 nitrogen and oxygen atoms in total. The summed E-state index contributed by atoms with van der Waals surface area (Å²) < 4.78 is 29.4. The molecule has 134 valence electrons. The van der Waals surface area contributed by atoms with Gasteiger partial charge in [-0.2, -0.15) is 10.2 Å². The van der Waals surface area contributed by atoms with Crippen LogP contribution in [0.25, 0.3) is 22.3 Å². The van der Waals surface area contributed by atoms with Gasteiger partial charge in [0.1, 0.15) is 11.6 Å². The molecule has 1 aromatic heterocycles. The second-order valence-corrected chi connectivity index (χ2v) is 6.18. The van der Waals surface area contributed by atoms with Crippen LogP contribution >= 0.6 is 11.6 Å². The van der Waals surface area contributed by atoms with Gasteiger partial charge in [0.25, 0.3) is 0 Å². The molecule has 2 N–H and O–H groups in total. The number of hydrogen-bond acceptors (Lipinski definition) is 4. The van der Waals surface area contributed by atoms with Gasteiger partial charge in [-0.05, 0) is 42.3 Å². The third-order valence-electron chi connectivity index (χ3n) is 4.04. The normalized spacial score (nSPS) is 11.0. The zero-order valence-electron chi connectivity index (χ0n) is 13.8. The molecule has 2 aromatic carbocycles. The van der Waals surface area contributed by atoms with Crippen LogP contribution in [-0.4, -0.2) is 20.4 Å². The van der Waals surface area contributed by atoms with Crippen LogP contribution in [0.2, 0.25) is 5.02 Å². The molecule has 0 spiro atoms. The van der Waals surface area contributed by atoms with Crippen molar-refractivity contribution in [2.24, 2.45) is 0 Å². The van der Waals surface area contributed by atoms with Crippen LogP contribution in [0.1, 0.15) is 17.0 Å². The minimum absolute atomic E-state index is 0.0510. The van der Waals surface area contributed by atoms with Crippen molar-refractivity contribution in [2.75, 3.05) is 0 Å². The average molecular weight is 377 g/mol. The van der Waals surface area contributed by atoms with Crippen molar-refractivity contribution >= 4 is 11.6 Å². The van der Waals surface area contributed by atoms with Crippen LogP contribution in [0, 0.1) is 18.6 Å². The van der Waals surface area contributed by atoms with Crippen molar-refractivity contribution in [1.82, 2.24) is 10.2 Å². The maximum absolute atomic E-state index is 14.7. The van der Waals surface area contributed by atoms with Crippen LogP contribution < -0.4 is 0 Å². The van der Waals surface area contributed by atoms with E-state index in [1.807, 2.05) is 0 Å². The molecule has 3 aromatic rings.